The first-order chi connectivity index (χ1) is 29.2. The maximum atomic E-state index is 3.89. The van der Waals surface area contributed by atoms with Crippen LogP contribution in [0.2, 0.25) is 0 Å². The van der Waals surface area contributed by atoms with Crippen LogP contribution in [-0.4, -0.2) is 89.3 Å². The second kappa shape index (κ2) is 17.6. The standard InChI is InChI=1S/C54H91N5/c1-3-8-43(9-4-1)57-30-26-37-13-15-41(34-52(37)57)39-19-23-50-48(32-39)49-33-40(42-16-14-38-27-31-58(53(38)35-42)44-10-5-2-6-11-44)20-24-51(49)59(50)45-21-17-36(18-22-45)46-25-29-56-54-47(46)12-7-28-55-54/h36-56H,1-35H2. The summed E-state index contributed by atoms with van der Waals surface area (Å²) in [6.45, 7) is 5.38. The van der Waals surface area contributed by atoms with Crippen LogP contribution in [0.4, 0.5) is 0 Å². The van der Waals surface area contributed by atoms with E-state index in [1.54, 1.807) is 89.9 Å². The lowest BCUT2D eigenvalue weighted by Gasteiger charge is -2.49. The van der Waals surface area contributed by atoms with Crippen LogP contribution >= 0.6 is 0 Å². The molecule has 2 N–H and O–H groups in total. The van der Waals surface area contributed by atoms with E-state index in [1.165, 1.54) is 135 Å². The van der Waals surface area contributed by atoms with E-state index in [-0.39, 0.29) is 0 Å². The molecule has 0 spiro atoms. The Kier molecular flexibility index (Phi) is 12.1. The zero-order valence-electron chi connectivity index (χ0n) is 38.1. The van der Waals surface area contributed by atoms with Gasteiger partial charge in [-0.15, -0.1) is 0 Å². The van der Waals surface area contributed by atoms with Crippen LogP contribution < -0.4 is 10.6 Å². The molecule has 12 rings (SSSR count). The summed E-state index contributed by atoms with van der Waals surface area (Å²) in [5, 5.41) is 7.78. The fourth-order valence-electron chi connectivity index (χ4n) is 19.9. The third-order valence-electron chi connectivity index (χ3n) is 22.6. The molecule has 7 aliphatic carbocycles. The van der Waals surface area contributed by atoms with E-state index in [4.69, 9.17) is 0 Å². The van der Waals surface area contributed by atoms with Gasteiger partial charge in [0.15, 0.2) is 0 Å². The minimum absolute atomic E-state index is 0.615. The van der Waals surface area contributed by atoms with Crippen molar-refractivity contribution in [1.29, 1.82) is 0 Å². The van der Waals surface area contributed by atoms with Gasteiger partial charge in [0.25, 0.3) is 0 Å². The Labute approximate surface area is 362 Å². The molecule has 5 nitrogen and oxygen atoms in total. The topological polar surface area (TPSA) is 33.8 Å². The third kappa shape index (κ3) is 7.71. The normalized spacial score (nSPS) is 50.7. The van der Waals surface area contributed by atoms with Gasteiger partial charge in [-0.1, -0.05) is 38.5 Å². The zero-order chi connectivity index (χ0) is 38.9. The minimum atomic E-state index is 0.615. The van der Waals surface area contributed by atoms with Crippen LogP contribution in [0.3, 0.4) is 0 Å². The van der Waals surface area contributed by atoms with E-state index >= 15 is 0 Å². The summed E-state index contributed by atoms with van der Waals surface area (Å²) in [5.74, 6) is 11.2. The fourth-order valence-corrected chi connectivity index (χ4v) is 19.9. The second-order valence-corrected chi connectivity index (χ2v) is 24.7. The van der Waals surface area contributed by atoms with Crippen molar-refractivity contribution in [2.75, 3.05) is 26.2 Å². The molecule has 0 aromatic rings. The summed E-state index contributed by atoms with van der Waals surface area (Å²) in [6.07, 6.45) is 48.3. The Morgan fingerprint density at radius 3 is 1.36 bits per heavy atom. The van der Waals surface area contributed by atoms with Crippen molar-refractivity contribution in [1.82, 2.24) is 25.3 Å². The molecule has 0 aromatic heterocycles. The molecule has 332 valence electrons. The van der Waals surface area contributed by atoms with Crippen LogP contribution in [0.5, 0.6) is 0 Å². The van der Waals surface area contributed by atoms with Gasteiger partial charge >= 0.3 is 0 Å². The first-order valence-corrected chi connectivity index (χ1v) is 28.0. The molecule has 0 aromatic carbocycles. The maximum absolute atomic E-state index is 3.89. The van der Waals surface area contributed by atoms with Crippen LogP contribution in [0.1, 0.15) is 199 Å². The molecular formula is C54H91N5. The smallest absolute Gasteiger partial charge is 0.0603 e. The van der Waals surface area contributed by atoms with Crippen LogP contribution in [0.15, 0.2) is 0 Å². The van der Waals surface area contributed by atoms with E-state index in [0.29, 0.717) is 6.17 Å². The molecule has 12 fully saturated rings. The lowest BCUT2D eigenvalue weighted by atomic mass is 9.61. The largest absolute Gasteiger partial charge is 0.302 e. The summed E-state index contributed by atoms with van der Waals surface area (Å²) in [7, 11) is 0. The quantitative estimate of drug-likeness (QED) is 0.279. The number of nitrogens with zero attached hydrogens (tertiary/aromatic N) is 3. The molecule has 5 heterocycles. The highest BCUT2D eigenvalue weighted by Crippen LogP contribution is 2.58. The molecule has 59 heavy (non-hydrogen) atoms. The predicted octanol–water partition coefficient (Wildman–Crippen LogP) is 11.0. The molecule has 15 atom stereocenters. The summed E-state index contributed by atoms with van der Waals surface area (Å²) in [6, 6.07) is 6.56. The average Bonchev–Trinajstić information content (AvgIpc) is 4.03. The summed E-state index contributed by atoms with van der Waals surface area (Å²) in [5.41, 5.74) is 0. The molecule has 0 amide bonds. The van der Waals surface area contributed by atoms with Gasteiger partial charge in [0.05, 0.1) is 6.17 Å². The Balaban J connectivity index is 0.753. The predicted molar refractivity (Wildman–Crippen MR) is 243 cm³/mol. The van der Waals surface area contributed by atoms with E-state index in [1.807, 2.05) is 0 Å². The van der Waals surface area contributed by atoms with Gasteiger partial charge in [-0.05, 0) is 252 Å². The van der Waals surface area contributed by atoms with Gasteiger partial charge in [-0.2, -0.15) is 0 Å². The van der Waals surface area contributed by atoms with Gasteiger partial charge in [-0.25, -0.2) is 0 Å². The number of hydrogen-bond acceptors (Lipinski definition) is 5. The highest BCUT2D eigenvalue weighted by atomic mass is 15.3. The summed E-state index contributed by atoms with van der Waals surface area (Å²) >= 11 is 0. The third-order valence-corrected chi connectivity index (χ3v) is 22.6. The van der Waals surface area contributed by atoms with E-state index < -0.39 is 0 Å². The van der Waals surface area contributed by atoms with E-state index in [0.717, 1.165) is 107 Å². The van der Waals surface area contributed by atoms with E-state index in [2.05, 4.69) is 25.3 Å². The molecular weight excluding hydrogens is 719 g/mol. The van der Waals surface area contributed by atoms with Crippen molar-refractivity contribution in [2.45, 2.75) is 248 Å². The van der Waals surface area contributed by atoms with Gasteiger partial charge in [-0.3, -0.25) is 14.7 Å². The summed E-state index contributed by atoms with van der Waals surface area (Å²) < 4.78 is 0. The van der Waals surface area contributed by atoms with Gasteiger partial charge < -0.3 is 10.6 Å². The van der Waals surface area contributed by atoms with E-state index in [9.17, 15) is 0 Å². The SMILES string of the molecule is C1CCC(N2CCC3CCC(C4CCC5C(C4)C4CC(C6CCC7CCN(C8CCCCC8)C7C6)CCC4N5C4CCC(C5CCNC6NCCCC65)CC4)CC32)CC1. The van der Waals surface area contributed by atoms with Crippen LogP contribution in [0.25, 0.3) is 0 Å². The van der Waals surface area contributed by atoms with Crippen molar-refractivity contribution in [3.63, 3.8) is 0 Å². The van der Waals surface area contributed by atoms with Crippen molar-refractivity contribution in [3.8, 4) is 0 Å². The molecule has 15 unspecified atom stereocenters. The van der Waals surface area contributed by atoms with Gasteiger partial charge in [0.1, 0.15) is 0 Å². The fraction of sp³-hybridized carbons (Fsp3) is 1.00. The number of fused-ring (bicyclic) bond motifs is 6. The molecule has 0 bridgehead atoms. The van der Waals surface area contributed by atoms with Crippen molar-refractivity contribution >= 4 is 0 Å². The maximum Gasteiger partial charge on any atom is 0.0603 e. The average molecular weight is 810 g/mol. The monoisotopic (exact) mass is 810 g/mol. The molecule has 7 saturated carbocycles. The number of rotatable bonds is 6. The number of hydrogen-bond donors (Lipinski definition) is 2. The Morgan fingerprint density at radius 1 is 0.288 bits per heavy atom. The second-order valence-electron chi connectivity index (χ2n) is 24.7. The molecule has 5 aliphatic heterocycles. The molecule has 5 saturated heterocycles. The lowest BCUT2D eigenvalue weighted by Crippen LogP contribution is -2.58. The Hall–Kier alpha value is -0.200. The van der Waals surface area contributed by atoms with Crippen LogP contribution in [-0.2, 0) is 0 Å². The number of likely N-dealkylation sites (tertiary alicyclic amines) is 3. The lowest BCUT2D eigenvalue weighted by molar-refractivity contribution is 0.00909. The number of nitrogens with one attached hydrogen (secondary N) is 2. The molecule has 0 radical (unpaired) electrons. The zero-order valence-corrected chi connectivity index (χ0v) is 38.1. The molecule has 5 heteroatoms. The first kappa shape index (κ1) is 40.3. The highest BCUT2D eigenvalue weighted by molar-refractivity contribution is 5.10. The molecule has 12 aliphatic rings. The van der Waals surface area contributed by atoms with Gasteiger partial charge in [0, 0.05) is 42.3 Å². The first-order valence-electron chi connectivity index (χ1n) is 28.0. The summed E-state index contributed by atoms with van der Waals surface area (Å²) in [4.78, 5) is 9.68. The van der Waals surface area contributed by atoms with Crippen molar-refractivity contribution in [3.05, 3.63) is 0 Å². The Morgan fingerprint density at radius 2 is 0.780 bits per heavy atom. The van der Waals surface area contributed by atoms with Crippen molar-refractivity contribution in [2.24, 2.45) is 65.1 Å². The minimum Gasteiger partial charge on any atom is -0.302 e. The highest BCUT2D eigenvalue weighted by Gasteiger charge is 2.57. The van der Waals surface area contributed by atoms with Crippen molar-refractivity contribution < 1.29 is 0 Å². The Bertz CT molecular complexity index is 1300. The van der Waals surface area contributed by atoms with Gasteiger partial charge in [0.2, 0.25) is 0 Å². The van der Waals surface area contributed by atoms with Crippen LogP contribution in [0, 0.1) is 65.1 Å². The number of piperidine rings is 2.